The van der Waals surface area contributed by atoms with Crippen LogP contribution in [0.5, 0.6) is 0 Å². The van der Waals surface area contributed by atoms with Crippen LogP contribution in [0.4, 0.5) is 0 Å². The van der Waals surface area contributed by atoms with Crippen LogP contribution in [0, 0.1) is 6.92 Å². The second-order valence-corrected chi connectivity index (χ2v) is 4.07. The van der Waals surface area contributed by atoms with E-state index in [1.807, 2.05) is 13.0 Å². The zero-order chi connectivity index (χ0) is 11.0. The Hall–Kier alpha value is -1.43. The predicted molar refractivity (Wildman–Crippen MR) is 57.6 cm³/mol. The van der Waals surface area contributed by atoms with Crippen LogP contribution in [-0.4, -0.2) is 25.8 Å². The molecule has 15 heavy (non-hydrogen) atoms. The van der Waals surface area contributed by atoms with E-state index in [1.165, 1.54) is 4.68 Å². The molecule has 0 atom stereocenters. The summed E-state index contributed by atoms with van der Waals surface area (Å²) in [5, 5.41) is 12.8. The summed E-state index contributed by atoms with van der Waals surface area (Å²) in [6.07, 6.45) is 1.67. The number of aliphatic carboxylic acids is 1. The summed E-state index contributed by atoms with van der Waals surface area (Å²) in [5.41, 5.74) is 2.20. The molecule has 2 heterocycles. The van der Waals surface area contributed by atoms with Gasteiger partial charge >= 0.3 is 5.97 Å². The maximum Gasteiger partial charge on any atom is 0.325 e. The lowest BCUT2D eigenvalue weighted by Crippen LogP contribution is -2.09. The summed E-state index contributed by atoms with van der Waals surface area (Å²) in [5.74, 6) is -0.917. The van der Waals surface area contributed by atoms with Crippen LogP contribution in [-0.2, 0) is 11.3 Å². The van der Waals surface area contributed by atoms with Crippen LogP contribution in [0.1, 0.15) is 5.69 Å². The molecule has 0 aliphatic rings. The first-order valence-electron chi connectivity index (χ1n) is 4.28. The number of fused-ring (bicyclic) bond motifs is 1. The van der Waals surface area contributed by atoms with Crippen molar-refractivity contribution in [3.8, 4) is 0 Å². The van der Waals surface area contributed by atoms with Crippen molar-refractivity contribution < 1.29 is 9.90 Å². The molecule has 0 unspecified atom stereocenters. The Morgan fingerprint density at radius 1 is 1.67 bits per heavy atom. The number of carboxylic acids is 1. The average molecular weight is 270 g/mol. The van der Waals surface area contributed by atoms with Crippen molar-refractivity contribution in [2.24, 2.45) is 0 Å². The molecule has 0 bridgehead atoms. The molecule has 78 valence electrons. The standard InChI is InChI=1S/C9H8BrN3O2/c1-5-9-7(2-6(10)3-11-9)13(12-5)4-8(14)15/h2-3H,4H2,1H3,(H,14,15). The zero-order valence-electron chi connectivity index (χ0n) is 7.94. The number of nitrogens with zero attached hydrogens (tertiary/aromatic N) is 3. The maximum atomic E-state index is 10.6. The number of halogens is 1. The second kappa shape index (κ2) is 3.62. The Morgan fingerprint density at radius 2 is 2.40 bits per heavy atom. The summed E-state index contributed by atoms with van der Waals surface area (Å²) in [6.45, 7) is 1.66. The number of aryl methyl sites for hydroxylation is 1. The second-order valence-electron chi connectivity index (χ2n) is 3.16. The van der Waals surface area contributed by atoms with Crippen molar-refractivity contribution in [3.05, 3.63) is 22.4 Å². The third-order valence-corrected chi connectivity index (χ3v) is 2.44. The van der Waals surface area contributed by atoms with Crippen LogP contribution in [0.3, 0.4) is 0 Å². The van der Waals surface area contributed by atoms with Gasteiger partial charge in [-0.1, -0.05) is 0 Å². The topological polar surface area (TPSA) is 68.0 Å². The number of pyridine rings is 1. The predicted octanol–water partition coefficient (Wildman–Crippen LogP) is 1.59. The minimum atomic E-state index is -0.917. The van der Waals surface area contributed by atoms with Gasteiger partial charge in [0.05, 0.1) is 11.2 Å². The Balaban J connectivity index is 2.64. The molecular formula is C9H8BrN3O2. The van der Waals surface area contributed by atoms with Crippen molar-refractivity contribution in [2.75, 3.05) is 0 Å². The summed E-state index contributed by atoms with van der Waals surface area (Å²) in [4.78, 5) is 14.8. The fourth-order valence-corrected chi connectivity index (χ4v) is 1.75. The largest absolute Gasteiger partial charge is 0.480 e. The molecule has 0 aromatic carbocycles. The Morgan fingerprint density at radius 3 is 3.07 bits per heavy atom. The van der Waals surface area contributed by atoms with Crippen molar-refractivity contribution in [3.63, 3.8) is 0 Å². The minimum absolute atomic E-state index is 0.150. The summed E-state index contributed by atoms with van der Waals surface area (Å²) >= 11 is 3.29. The van der Waals surface area contributed by atoms with Crippen LogP contribution in [0.25, 0.3) is 11.0 Å². The lowest BCUT2D eigenvalue weighted by molar-refractivity contribution is -0.137. The van der Waals surface area contributed by atoms with Crippen molar-refractivity contribution in [1.29, 1.82) is 0 Å². The number of rotatable bonds is 2. The van der Waals surface area contributed by atoms with Gasteiger partial charge in [-0.3, -0.25) is 14.5 Å². The molecule has 5 nitrogen and oxygen atoms in total. The molecule has 0 spiro atoms. The van der Waals surface area contributed by atoms with Gasteiger partial charge in [-0.15, -0.1) is 0 Å². The van der Waals surface area contributed by atoms with E-state index in [4.69, 9.17) is 5.11 Å². The quantitative estimate of drug-likeness (QED) is 0.899. The fraction of sp³-hybridized carbons (Fsp3) is 0.222. The van der Waals surface area contributed by atoms with Crippen LogP contribution in [0.15, 0.2) is 16.7 Å². The first-order chi connectivity index (χ1) is 7.08. The number of carboxylic acid groups (broad SMARTS) is 1. The molecular weight excluding hydrogens is 262 g/mol. The molecule has 0 radical (unpaired) electrons. The Labute approximate surface area is 93.9 Å². The highest BCUT2D eigenvalue weighted by Gasteiger charge is 2.10. The zero-order valence-corrected chi connectivity index (χ0v) is 9.52. The van der Waals surface area contributed by atoms with Gasteiger partial charge in [0.2, 0.25) is 0 Å². The van der Waals surface area contributed by atoms with E-state index in [1.54, 1.807) is 6.20 Å². The third-order valence-electron chi connectivity index (χ3n) is 2.01. The normalized spacial score (nSPS) is 10.8. The van der Waals surface area contributed by atoms with E-state index in [0.717, 1.165) is 21.2 Å². The molecule has 0 saturated heterocycles. The van der Waals surface area contributed by atoms with Crippen molar-refractivity contribution in [1.82, 2.24) is 14.8 Å². The number of hydrogen-bond acceptors (Lipinski definition) is 3. The monoisotopic (exact) mass is 269 g/mol. The first-order valence-corrected chi connectivity index (χ1v) is 5.07. The molecule has 0 aliphatic carbocycles. The van der Waals surface area contributed by atoms with Gasteiger partial charge in [0.15, 0.2) is 0 Å². The highest BCUT2D eigenvalue weighted by atomic mass is 79.9. The molecule has 2 aromatic rings. The molecule has 2 rings (SSSR count). The fourth-order valence-electron chi connectivity index (χ4n) is 1.44. The maximum absolute atomic E-state index is 10.6. The van der Waals surface area contributed by atoms with Gasteiger partial charge in [0, 0.05) is 10.7 Å². The van der Waals surface area contributed by atoms with Crippen LogP contribution >= 0.6 is 15.9 Å². The molecule has 2 aromatic heterocycles. The summed E-state index contributed by atoms with van der Waals surface area (Å²) in [7, 11) is 0. The third kappa shape index (κ3) is 1.85. The Kier molecular flexibility index (Phi) is 2.44. The molecule has 0 aliphatic heterocycles. The highest BCUT2D eigenvalue weighted by Crippen LogP contribution is 2.19. The summed E-state index contributed by atoms with van der Waals surface area (Å²) < 4.78 is 2.24. The Bertz CT molecular complexity index is 535. The number of hydrogen-bond donors (Lipinski definition) is 1. The van der Waals surface area contributed by atoms with E-state index < -0.39 is 5.97 Å². The van der Waals surface area contributed by atoms with E-state index in [2.05, 4.69) is 26.0 Å². The van der Waals surface area contributed by atoms with E-state index in [9.17, 15) is 4.79 Å². The number of aromatic nitrogens is 3. The van der Waals surface area contributed by atoms with Gasteiger partial charge in [-0.05, 0) is 28.9 Å². The lowest BCUT2D eigenvalue weighted by atomic mass is 10.3. The number of carbonyl (C=O) groups is 1. The van der Waals surface area contributed by atoms with Gasteiger partial charge in [0.25, 0.3) is 0 Å². The van der Waals surface area contributed by atoms with Crippen molar-refractivity contribution in [2.45, 2.75) is 13.5 Å². The average Bonchev–Trinajstić information content (AvgIpc) is 2.42. The SMILES string of the molecule is Cc1nn(CC(=O)O)c2cc(Br)cnc12. The van der Waals surface area contributed by atoms with Crippen LogP contribution < -0.4 is 0 Å². The van der Waals surface area contributed by atoms with Gasteiger partial charge < -0.3 is 5.11 Å². The van der Waals surface area contributed by atoms with E-state index in [-0.39, 0.29) is 6.54 Å². The molecule has 0 fully saturated rings. The smallest absolute Gasteiger partial charge is 0.325 e. The van der Waals surface area contributed by atoms with E-state index in [0.29, 0.717) is 0 Å². The molecule has 1 N–H and O–H groups in total. The first kappa shape index (κ1) is 10.1. The van der Waals surface area contributed by atoms with E-state index >= 15 is 0 Å². The lowest BCUT2D eigenvalue weighted by Gasteiger charge is -1.98. The molecule has 0 saturated carbocycles. The molecule has 0 amide bonds. The van der Waals surface area contributed by atoms with Crippen LogP contribution in [0.2, 0.25) is 0 Å². The van der Waals surface area contributed by atoms with Gasteiger partial charge in [-0.2, -0.15) is 5.10 Å². The minimum Gasteiger partial charge on any atom is -0.480 e. The molecule has 6 heteroatoms. The van der Waals surface area contributed by atoms with Gasteiger partial charge in [0.1, 0.15) is 12.1 Å². The van der Waals surface area contributed by atoms with Crippen molar-refractivity contribution >= 4 is 32.9 Å². The summed E-state index contributed by atoms with van der Waals surface area (Å²) in [6, 6.07) is 1.81. The van der Waals surface area contributed by atoms with Gasteiger partial charge in [-0.25, -0.2) is 0 Å². The highest BCUT2D eigenvalue weighted by molar-refractivity contribution is 9.10.